The molecule has 0 spiro atoms. The van der Waals surface area contributed by atoms with E-state index in [2.05, 4.69) is 84.8 Å². The maximum Gasteiger partial charge on any atom is 0.0163 e. The molecule has 2 aromatic rings. The number of hydrogen-bond donors (Lipinski definition) is 0. The Morgan fingerprint density at radius 2 is 1.29 bits per heavy atom. The minimum Gasteiger partial charge on any atom is -0.296 e. The molecule has 0 bridgehead atoms. The van der Waals surface area contributed by atoms with Gasteiger partial charge in [0.2, 0.25) is 0 Å². The zero-order valence-electron chi connectivity index (χ0n) is 14.4. The average molecular weight is 317 g/mol. The van der Waals surface area contributed by atoms with E-state index in [1.165, 1.54) is 16.7 Å². The van der Waals surface area contributed by atoms with Crippen LogP contribution in [-0.2, 0) is 0 Å². The molecule has 24 heavy (non-hydrogen) atoms. The molecule has 0 aliphatic carbocycles. The van der Waals surface area contributed by atoms with E-state index in [1.54, 1.807) is 0 Å². The predicted octanol–water partition coefficient (Wildman–Crippen LogP) is 5.57. The fourth-order valence-electron chi connectivity index (χ4n) is 2.82. The molecule has 0 aliphatic heterocycles. The van der Waals surface area contributed by atoms with Crippen LogP contribution in [-0.4, -0.2) is 24.5 Å². The van der Waals surface area contributed by atoms with Gasteiger partial charge in [-0.25, -0.2) is 0 Å². The van der Waals surface area contributed by atoms with Crippen molar-refractivity contribution in [3.63, 3.8) is 0 Å². The van der Waals surface area contributed by atoms with Crippen LogP contribution < -0.4 is 0 Å². The first kappa shape index (κ1) is 18.0. The molecule has 0 radical (unpaired) electrons. The van der Waals surface area contributed by atoms with E-state index in [0.717, 1.165) is 32.5 Å². The Kier molecular flexibility index (Phi) is 7.79. The number of rotatable bonds is 10. The Labute approximate surface area is 146 Å². The van der Waals surface area contributed by atoms with Crippen molar-refractivity contribution in [3.05, 3.63) is 103 Å². The van der Waals surface area contributed by atoms with E-state index in [-0.39, 0.29) is 0 Å². The molecule has 0 unspecified atom stereocenters. The smallest absolute Gasteiger partial charge is 0.0163 e. The van der Waals surface area contributed by atoms with Crippen LogP contribution in [0.3, 0.4) is 0 Å². The normalized spacial score (nSPS) is 10.4. The van der Waals surface area contributed by atoms with Crippen molar-refractivity contribution in [1.82, 2.24) is 4.90 Å². The molecule has 1 nitrogen and oxygen atoms in total. The lowest BCUT2D eigenvalue weighted by Gasteiger charge is -2.18. The molecule has 0 N–H and O–H groups in total. The number of allylic oxidation sites excluding steroid dienone is 1. The van der Waals surface area contributed by atoms with Gasteiger partial charge >= 0.3 is 0 Å². The molecular weight excluding hydrogens is 290 g/mol. The third-order valence-corrected chi connectivity index (χ3v) is 3.97. The average Bonchev–Trinajstić information content (AvgIpc) is 2.63. The molecule has 1 heteroatoms. The van der Waals surface area contributed by atoms with E-state index in [4.69, 9.17) is 0 Å². The summed E-state index contributed by atoms with van der Waals surface area (Å²) in [5.74, 6) is 0. The van der Waals surface area contributed by atoms with Gasteiger partial charge in [0, 0.05) is 13.1 Å². The van der Waals surface area contributed by atoms with Crippen LogP contribution in [0.15, 0.2) is 92.0 Å². The summed E-state index contributed by atoms with van der Waals surface area (Å²) in [6.45, 7) is 10.6. The van der Waals surface area contributed by atoms with Crippen molar-refractivity contribution in [1.29, 1.82) is 0 Å². The van der Waals surface area contributed by atoms with Gasteiger partial charge in [-0.2, -0.15) is 0 Å². The Morgan fingerprint density at radius 1 is 0.792 bits per heavy atom. The lowest BCUT2D eigenvalue weighted by atomic mass is 9.96. The van der Waals surface area contributed by atoms with Crippen molar-refractivity contribution in [2.45, 2.75) is 12.8 Å². The molecule has 2 rings (SSSR count). The van der Waals surface area contributed by atoms with Crippen LogP contribution >= 0.6 is 0 Å². The lowest BCUT2D eigenvalue weighted by molar-refractivity contribution is 0.331. The van der Waals surface area contributed by atoms with Gasteiger partial charge in [-0.1, -0.05) is 78.9 Å². The zero-order chi connectivity index (χ0) is 17.0. The summed E-state index contributed by atoms with van der Waals surface area (Å²) in [7, 11) is 0. The highest BCUT2D eigenvalue weighted by Gasteiger charge is 2.04. The minimum atomic E-state index is 0.917. The highest BCUT2D eigenvalue weighted by atomic mass is 15.1. The lowest BCUT2D eigenvalue weighted by Crippen LogP contribution is -2.24. The van der Waals surface area contributed by atoms with Gasteiger partial charge in [0.05, 0.1) is 0 Å². The van der Waals surface area contributed by atoms with Gasteiger partial charge in [0.1, 0.15) is 0 Å². The third-order valence-electron chi connectivity index (χ3n) is 3.97. The fraction of sp³-hybridized carbons (Fsp3) is 0.217. The monoisotopic (exact) mass is 317 g/mol. The summed E-state index contributed by atoms with van der Waals surface area (Å²) in [4.78, 5) is 2.36. The largest absolute Gasteiger partial charge is 0.296 e. The van der Waals surface area contributed by atoms with Crippen molar-refractivity contribution in [2.24, 2.45) is 0 Å². The predicted molar refractivity (Wildman–Crippen MR) is 106 cm³/mol. The summed E-state index contributed by atoms with van der Waals surface area (Å²) in [6.07, 6.45) is 8.47. The number of hydrogen-bond acceptors (Lipinski definition) is 1. The molecule has 2 aromatic carbocycles. The quantitative estimate of drug-likeness (QED) is 0.409. The van der Waals surface area contributed by atoms with E-state index >= 15 is 0 Å². The standard InChI is InChI=1S/C23H27N/c1-3-18-24(19-4-2)20-12-11-17-23(21-13-7-5-8-14-21)22-15-9-6-10-16-22/h3-10,13-17H,1-2,11-12,18-20H2. The second-order valence-electron chi connectivity index (χ2n) is 5.83. The van der Waals surface area contributed by atoms with E-state index in [0.29, 0.717) is 0 Å². The summed E-state index contributed by atoms with van der Waals surface area (Å²) >= 11 is 0. The van der Waals surface area contributed by atoms with Gasteiger partial charge in [-0.3, -0.25) is 4.90 Å². The van der Waals surface area contributed by atoms with E-state index in [9.17, 15) is 0 Å². The van der Waals surface area contributed by atoms with Crippen molar-refractivity contribution < 1.29 is 0 Å². The van der Waals surface area contributed by atoms with Crippen LogP contribution in [0, 0.1) is 0 Å². The van der Waals surface area contributed by atoms with Gasteiger partial charge < -0.3 is 0 Å². The van der Waals surface area contributed by atoms with Crippen LogP contribution in [0.4, 0.5) is 0 Å². The molecule has 0 saturated carbocycles. The van der Waals surface area contributed by atoms with Gasteiger partial charge in [0.25, 0.3) is 0 Å². The SMILES string of the molecule is C=CCN(CC=C)CCCC=C(c1ccccc1)c1ccccc1. The first-order valence-electron chi connectivity index (χ1n) is 8.60. The Balaban J connectivity index is 2.06. The molecular formula is C23H27N. The number of unbranched alkanes of at least 4 members (excludes halogenated alkanes) is 1. The van der Waals surface area contributed by atoms with Gasteiger partial charge in [-0.15, -0.1) is 13.2 Å². The van der Waals surface area contributed by atoms with E-state index in [1.807, 2.05) is 12.2 Å². The molecule has 0 saturated heterocycles. The maximum absolute atomic E-state index is 3.83. The molecule has 124 valence electrons. The van der Waals surface area contributed by atoms with Crippen LogP contribution in [0.2, 0.25) is 0 Å². The molecule has 0 fully saturated rings. The second-order valence-corrected chi connectivity index (χ2v) is 5.83. The highest BCUT2D eigenvalue weighted by molar-refractivity contribution is 5.79. The van der Waals surface area contributed by atoms with Crippen molar-refractivity contribution in [2.75, 3.05) is 19.6 Å². The van der Waals surface area contributed by atoms with Crippen LogP contribution in [0.25, 0.3) is 5.57 Å². The summed E-state index contributed by atoms with van der Waals surface area (Å²) in [6, 6.07) is 21.2. The number of benzene rings is 2. The van der Waals surface area contributed by atoms with Gasteiger partial charge in [-0.05, 0) is 36.1 Å². The highest BCUT2D eigenvalue weighted by Crippen LogP contribution is 2.24. The summed E-state index contributed by atoms with van der Waals surface area (Å²) in [5, 5.41) is 0. The van der Waals surface area contributed by atoms with Crippen molar-refractivity contribution in [3.8, 4) is 0 Å². The maximum atomic E-state index is 3.83. The van der Waals surface area contributed by atoms with Crippen LogP contribution in [0.5, 0.6) is 0 Å². The van der Waals surface area contributed by atoms with Crippen LogP contribution in [0.1, 0.15) is 24.0 Å². The number of nitrogens with zero attached hydrogens (tertiary/aromatic N) is 1. The molecule has 0 atom stereocenters. The molecule has 0 aromatic heterocycles. The fourth-order valence-corrected chi connectivity index (χ4v) is 2.82. The Morgan fingerprint density at radius 3 is 1.75 bits per heavy atom. The molecule has 0 amide bonds. The van der Waals surface area contributed by atoms with Gasteiger partial charge in [0.15, 0.2) is 0 Å². The topological polar surface area (TPSA) is 3.24 Å². The summed E-state index contributed by atoms with van der Waals surface area (Å²) in [5.41, 5.74) is 3.87. The Bertz CT molecular complexity index is 589. The molecule has 0 heterocycles. The second kappa shape index (κ2) is 10.4. The van der Waals surface area contributed by atoms with E-state index < -0.39 is 0 Å². The first-order chi connectivity index (χ1) is 11.8. The minimum absolute atomic E-state index is 0.917. The Hall–Kier alpha value is -2.38. The first-order valence-corrected chi connectivity index (χ1v) is 8.60. The van der Waals surface area contributed by atoms with Crippen molar-refractivity contribution >= 4 is 5.57 Å². The third kappa shape index (κ3) is 5.68. The molecule has 0 aliphatic rings. The summed E-state index contributed by atoms with van der Waals surface area (Å²) < 4.78 is 0. The zero-order valence-corrected chi connectivity index (χ0v) is 14.4.